The number of methoxy groups -OCH3 is 1. The van der Waals surface area contributed by atoms with E-state index >= 15 is 4.39 Å². The molecule has 0 unspecified atom stereocenters. The van der Waals surface area contributed by atoms with Crippen LogP contribution in [0.15, 0.2) is 77.0 Å². The second-order valence-corrected chi connectivity index (χ2v) is 11.6. The molecule has 222 valence electrons. The number of carbonyl (C=O) groups is 1. The number of hydrogen-bond donors (Lipinski definition) is 2. The predicted octanol–water partition coefficient (Wildman–Crippen LogP) is 5.77. The highest BCUT2D eigenvalue weighted by molar-refractivity contribution is 7.89. The summed E-state index contributed by atoms with van der Waals surface area (Å²) in [5.41, 5.74) is -1.28. The number of carboxylic acids is 1. The molecule has 2 heterocycles. The summed E-state index contributed by atoms with van der Waals surface area (Å²) in [6.07, 6.45) is -5.37. The maximum atomic E-state index is 15.0. The molecule has 0 spiro atoms. The lowest BCUT2D eigenvalue weighted by atomic mass is 9.96. The molecule has 0 fully saturated rings. The number of alkyl halides is 3. The Kier molecular flexibility index (Phi) is 7.81. The van der Waals surface area contributed by atoms with Crippen molar-refractivity contribution in [2.45, 2.75) is 17.5 Å². The van der Waals surface area contributed by atoms with Gasteiger partial charge in [0.05, 0.1) is 17.7 Å². The van der Waals surface area contributed by atoms with Crippen LogP contribution in [-0.4, -0.2) is 41.4 Å². The number of hydrogen-bond acceptors (Lipinski definition) is 7. The SMILES string of the molecule is COc1cccc(-c2cc(-c3nn(-c4nc(C(=O)O)cs4)c(C(F)(F)F)c3Cc3ccc(S(N)(=O)=O)cc3)ccc2F)c1. The molecule has 5 aromatic rings. The summed E-state index contributed by atoms with van der Waals surface area (Å²) >= 11 is 0.650. The molecule has 9 nitrogen and oxygen atoms in total. The van der Waals surface area contributed by atoms with Crippen molar-refractivity contribution in [2.75, 3.05) is 7.11 Å². The van der Waals surface area contributed by atoms with E-state index in [0.29, 0.717) is 32.9 Å². The van der Waals surface area contributed by atoms with Crippen LogP contribution in [0.2, 0.25) is 0 Å². The molecule has 15 heteroatoms. The Morgan fingerprint density at radius 1 is 1.07 bits per heavy atom. The number of rotatable bonds is 8. The van der Waals surface area contributed by atoms with Gasteiger partial charge in [-0.2, -0.15) is 18.3 Å². The fourth-order valence-corrected chi connectivity index (χ4v) is 5.69. The first kappa shape index (κ1) is 29.9. The average Bonchev–Trinajstić information content (AvgIpc) is 3.59. The highest BCUT2D eigenvalue weighted by atomic mass is 32.2. The van der Waals surface area contributed by atoms with Crippen LogP contribution >= 0.6 is 11.3 Å². The van der Waals surface area contributed by atoms with Crippen molar-refractivity contribution in [3.05, 3.63) is 100 Å². The predicted molar refractivity (Wildman–Crippen MR) is 149 cm³/mol. The molecule has 0 saturated heterocycles. The Labute approximate surface area is 245 Å². The lowest BCUT2D eigenvalue weighted by Gasteiger charge is -2.12. The third-order valence-corrected chi connectivity index (χ3v) is 8.14. The first-order valence-corrected chi connectivity index (χ1v) is 14.6. The molecule has 2 aromatic heterocycles. The number of aromatic nitrogens is 3. The van der Waals surface area contributed by atoms with E-state index in [4.69, 9.17) is 9.88 Å². The number of carboxylic acid groups (broad SMARTS) is 1. The van der Waals surface area contributed by atoms with E-state index in [1.165, 1.54) is 43.5 Å². The number of primary sulfonamides is 1. The minimum absolute atomic E-state index is 0.0744. The number of nitrogens with two attached hydrogens (primary N) is 1. The van der Waals surface area contributed by atoms with Crippen LogP contribution in [0.25, 0.3) is 27.5 Å². The Morgan fingerprint density at radius 3 is 2.40 bits per heavy atom. The molecule has 43 heavy (non-hydrogen) atoms. The van der Waals surface area contributed by atoms with E-state index in [1.807, 2.05) is 0 Å². The van der Waals surface area contributed by atoms with E-state index in [2.05, 4.69) is 10.1 Å². The van der Waals surface area contributed by atoms with E-state index in [1.54, 1.807) is 24.3 Å². The lowest BCUT2D eigenvalue weighted by Crippen LogP contribution is -2.16. The van der Waals surface area contributed by atoms with Crippen LogP contribution in [0.4, 0.5) is 17.6 Å². The van der Waals surface area contributed by atoms with Crippen molar-refractivity contribution in [3.63, 3.8) is 0 Å². The standard InChI is InChI=1S/C28H20F4N4O5S2/c1-41-18-4-2-3-16(12-18)20-13-17(7-10-22(20)29)24-21(11-15-5-8-19(9-6-15)43(33,39)40)25(28(30,31)32)36(35-24)27-34-23(14-42-27)26(37)38/h2-10,12-14H,11H2,1H3,(H,37,38)(H2,33,39,40). The number of thiazole rings is 1. The number of nitrogens with zero attached hydrogens (tertiary/aromatic N) is 3. The van der Waals surface area contributed by atoms with Crippen molar-refractivity contribution in [2.24, 2.45) is 5.14 Å². The largest absolute Gasteiger partial charge is 0.497 e. The summed E-state index contributed by atoms with van der Waals surface area (Å²) in [5, 5.41) is 19.4. The molecule has 0 saturated carbocycles. The normalized spacial score (nSPS) is 12.0. The van der Waals surface area contributed by atoms with Gasteiger partial charge in [0.15, 0.2) is 11.4 Å². The maximum Gasteiger partial charge on any atom is 0.433 e. The zero-order valence-electron chi connectivity index (χ0n) is 22.0. The molecule has 0 aliphatic rings. The number of ether oxygens (including phenoxy) is 1. The van der Waals surface area contributed by atoms with E-state index in [0.717, 1.165) is 11.4 Å². The third-order valence-electron chi connectivity index (χ3n) is 6.40. The third kappa shape index (κ3) is 6.14. The van der Waals surface area contributed by atoms with Gasteiger partial charge in [0.1, 0.15) is 11.6 Å². The first-order valence-electron chi connectivity index (χ1n) is 12.2. The maximum absolute atomic E-state index is 15.0. The fraction of sp³-hybridized carbons (Fsp3) is 0.107. The summed E-state index contributed by atoms with van der Waals surface area (Å²) in [6, 6.07) is 15.2. The zero-order chi connectivity index (χ0) is 31.1. The molecule has 0 amide bonds. The van der Waals surface area contributed by atoms with Gasteiger partial charge >= 0.3 is 12.1 Å². The van der Waals surface area contributed by atoms with E-state index in [-0.39, 0.29) is 38.8 Å². The van der Waals surface area contributed by atoms with E-state index < -0.39 is 39.4 Å². The van der Waals surface area contributed by atoms with Crippen LogP contribution in [-0.2, 0) is 22.6 Å². The van der Waals surface area contributed by atoms with Crippen molar-refractivity contribution < 1.29 is 40.6 Å². The first-order chi connectivity index (χ1) is 20.3. The summed E-state index contributed by atoms with van der Waals surface area (Å²) in [5.74, 6) is -1.63. The van der Waals surface area contributed by atoms with Crippen LogP contribution < -0.4 is 9.88 Å². The average molecular weight is 633 g/mol. The van der Waals surface area contributed by atoms with Crippen molar-refractivity contribution >= 4 is 27.3 Å². The number of benzene rings is 3. The van der Waals surface area contributed by atoms with Crippen LogP contribution in [0.5, 0.6) is 5.75 Å². The Bertz CT molecular complexity index is 1950. The molecular formula is C28H20F4N4O5S2. The summed E-state index contributed by atoms with van der Waals surface area (Å²) in [4.78, 5) is 15.0. The Hall–Kier alpha value is -4.60. The van der Waals surface area contributed by atoms with Gasteiger partial charge in [0.25, 0.3) is 0 Å². The molecular weight excluding hydrogens is 612 g/mol. The minimum atomic E-state index is -4.99. The molecule has 0 bridgehead atoms. The summed E-state index contributed by atoms with van der Waals surface area (Å²) in [7, 11) is -2.61. The van der Waals surface area contributed by atoms with Gasteiger partial charge in [-0.1, -0.05) is 24.3 Å². The zero-order valence-corrected chi connectivity index (χ0v) is 23.6. The summed E-state index contributed by atoms with van der Waals surface area (Å²) in [6.45, 7) is 0. The monoisotopic (exact) mass is 632 g/mol. The van der Waals surface area contributed by atoms with Gasteiger partial charge in [-0.3, -0.25) is 0 Å². The molecule has 3 aromatic carbocycles. The molecule has 0 aliphatic heterocycles. The van der Waals surface area contributed by atoms with Gasteiger partial charge in [-0.05, 0) is 53.6 Å². The fourth-order valence-electron chi connectivity index (χ4n) is 4.42. The molecule has 3 N–H and O–H groups in total. The Morgan fingerprint density at radius 2 is 1.79 bits per heavy atom. The van der Waals surface area contributed by atoms with E-state index in [9.17, 15) is 31.5 Å². The van der Waals surface area contributed by atoms with Gasteiger partial charge in [-0.25, -0.2) is 32.4 Å². The van der Waals surface area contributed by atoms with Gasteiger partial charge in [0, 0.05) is 28.5 Å². The van der Waals surface area contributed by atoms with Gasteiger partial charge < -0.3 is 9.84 Å². The van der Waals surface area contributed by atoms with Crippen LogP contribution in [0, 0.1) is 5.82 Å². The minimum Gasteiger partial charge on any atom is -0.497 e. The van der Waals surface area contributed by atoms with Crippen LogP contribution in [0.3, 0.4) is 0 Å². The molecule has 0 atom stereocenters. The Balaban J connectivity index is 1.74. The lowest BCUT2D eigenvalue weighted by molar-refractivity contribution is -0.143. The van der Waals surface area contributed by atoms with Crippen molar-refractivity contribution in [1.82, 2.24) is 14.8 Å². The van der Waals surface area contributed by atoms with Gasteiger partial charge in [0.2, 0.25) is 15.2 Å². The van der Waals surface area contributed by atoms with Gasteiger partial charge in [-0.15, -0.1) is 11.3 Å². The second-order valence-electron chi connectivity index (χ2n) is 9.20. The summed E-state index contributed by atoms with van der Waals surface area (Å²) < 4.78 is 88.3. The number of aromatic carboxylic acids is 1. The van der Waals surface area contributed by atoms with Crippen molar-refractivity contribution in [3.8, 4) is 33.3 Å². The second kappa shape index (κ2) is 11.2. The smallest absolute Gasteiger partial charge is 0.433 e. The van der Waals surface area contributed by atoms with Crippen molar-refractivity contribution in [1.29, 1.82) is 0 Å². The molecule has 0 radical (unpaired) electrons. The van der Waals surface area contributed by atoms with Crippen LogP contribution in [0.1, 0.15) is 27.3 Å². The number of halogens is 4. The highest BCUT2D eigenvalue weighted by Gasteiger charge is 2.41. The molecule has 5 rings (SSSR count). The highest BCUT2D eigenvalue weighted by Crippen LogP contribution is 2.41. The quantitative estimate of drug-likeness (QED) is 0.207. The number of sulfonamides is 1. The topological polar surface area (TPSA) is 137 Å². The molecule has 0 aliphatic carbocycles.